The number of phenols is 1. The molecule has 13 heteroatoms. The number of phenolic OH excluding ortho intramolecular Hbond substituents is 1. The molecule has 0 radical (unpaired) electrons. The Bertz CT molecular complexity index is 1450. The van der Waals surface area contributed by atoms with Gasteiger partial charge >= 0.3 is 0 Å². The number of hydrogen-bond acceptors (Lipinski definition) is 11. The number of carbonyl (C=O) groups is 4. The van der Waals surface area contributed by atoms with Crippen molar-refractivity contribution < 1.29 is 39.6 Å². The molecular formula is C29H36N4O8S. The van der Waals surface area contributed by atoms with Crippen LogP contribution in [0.15, 0.2) is 34.8 Å². The number of aliphatic hydroxyl groups excluding tert-OH is 2. The van der Waals surface area contributed by atoms with E-state index < -0.39 is 69.8 Å². The summed E-state index contributed by atoms with van der Waals surface area (Å²) in [5.74, 6) is -6.59. The van der Waals surface area contributed by atoms with Gasteiger partial charge in [-0.25, -0.2) is 0 Å². The predicted molar refractivity (Wildman–Crippen MR) is 155 cm³/mol. The summed E-state index contributed by atoms with van der Waals surface area (Å²) in [6.07, 6.45) is 0.186. The molecule has 1 aromatic rings. The minimum atomic E-state index is -2.70. The molecule has 1 fully saturated rings. The first-order valence-corrected chi connectivity index (χ1v) is 14.9. The molecule has 7 N–H and O–H groups in total. The van der Waals surface area contributed by atoms with Gasteiger partial charge in [0, 0.05) is 35.6 Å². The highest BCUT2D eigenvalue weighted by Gasteiger charge is 2.63. The lowest BCUT2D eigenvalue weighted by Crippen LogP contribution is -2.63. The fourth-order valence-electron chi connectivity index (χ4n) is 6.93. The summed E-state index contributed by atoms with van der Waals surface area (Å²) in [6, 6.07) is 1.62. The third-order valence-corrected chi connectivity index (χ3v) is 10.2. The summed E-state index contributed by atoms with van der Waals surface area (Å²) in [5, 5.41) is 48.2. The zero-order chi connectivity index (χ0) is 30.8. The van der Waals surface area contributed by atoms with Gasteiger partial charge in [-0.2, -0.15) is 11.8 Å². The second-order valence-corrected chi connectivity index (χ2v) is 13.3. The molecule has 1 aliphatic heterocycles. The molecule has 0 aromatic heterocycles. The van der Waals surface area contributed by atoms with Gasteiger partial charge in [0.15, 0.2) is 17.1 Å². The third kappa shape index (κ3) is 4.50. The number of thioether (sulfide) groups is 1. The maximum atomic E-state index is 13.9. The van der Waals surface area contributed by atoms with Crippen LogP contribution >= 0.6 is 11.8 Å². The highest BCUT2D eigenvalue weighted by molar-refractivity contribution is 7.99. The lowest BCUT2D eigenvalue weighted by Gasteiger charge is -2.50. The molecule has 3 aliphatic carbocycles. The summed E-state index contributed by atoms with van der Waals surface area (Å²) in [6.45, 7) is 5.36. The molecule has 5 rings (SSSR count). The second-order valence-electron chi connectivity index (χ2n) is 11.8. The summed E-state index contributed by atoms with van der Waals surface area (Å²) in [4.78, 5) is 56.0. The van der Waals surface area contributed by atoms with Gasteiger partial charge in [0.1, 0.15) is 17.1 Å². The largest absolute Gasteiger partial charge is 0.510 e. The number of fused-ring (bicyclic) bond motifs is 3. The van der Waals surface area contributed by atoms with Gasteiger partial charge in [-0.3, -0.25) is 29.0 Å². The van der Waals surface area contributed by atoms with Crippen molar-refractivity contribution >= 4 is 40.8 Å². The summed E-state index contributed by atoms with van der Waals surface area (Å²) in [7, 11) is 3.15. The molecule has 0 bridgehead atoms. The molecule has 1 heterocycles. The third-order valence-electron chi connectivity index (χ3n) is 9.05. The number of aromatic hydroxyl groups is 1. The smallest absolute Gasteiger partial charge is 0.255 e. The summed E-state index contributed by atoms with van der Waals surface area (Å²) in [5.41, 5.74) is 1.91. The molecule has 42 heavy (non-hydrogen) atoms. The van der Waals surface area contributed by atoms with Gasteiger partial charge in [-0.05, 0) is 51.4 Å². The molecule has 226 valence electrons. The number of amides is 2. The quantitative estimate of drug-likeness (QED) is 0.208. The van der Waals surface area contributed by atoms with Crippen molar-refractivity contribution in [2.24, 2.45) is 17.6 Å². The number of anilines is 1. The van der Waals surface area contributed by atoms with Crippen LogP contribution in [0.4, 0.5) is 5.69 Å². The number of primary amides is 1. The van der Waals surface area contributed by atoms with Gasteiger partial charge in [0.05, 0.1) is 23.3 Å². The van der Waals surface area contributed by atoms with Crippen LogP contribution in [0, 0.1) is 11.8 Å². The molecule has 2 amide bonds. The van der Waals surface area contributed by atoms with E-state index in [1.807, 2.05) is 11.8 Å². The Balaban J connectivity index is 1.52. The number of carbonyl (C=O) groups excluding carboxylic acids is 4. The predicted octanol–water partition coefficient (Wildman–Crippen LogP) is 0.885. The van der Waals surface area contributed by atoms with Crippen molar-refractivity contribution in [2.75, 3.05) is 38.3 Å². The van der Waals surface area contributed by atoms with Crippen LogP contribution in [-0.4, -0.2) is 109 Å². The monoisotopic (exact) mass is 600 g/mol. The number of allylic oxidation sites excluding steroid dienone is 1. The fourth-order valence-corrected chi connectivity index (χ4v) is 7.97. The lowest BCUT2D eigenvalue weighted by atomic mass is 9.58. The number of nitrogens with two attached hydrogens (primary N) is 1. The number of aliphatic hydroxyl groups is 3. The number of hydrogen-bond donors (Lipinski definition) is 6. The lowest BCUT2D eigenvalue weighted by molar-refractivity contribution is -0.148. The van der Waals surface area contributed by atoms with Crippen LogP contribution in [-0.2, 0) is 20.8 Å². The number of benzene rings is 1. The molecule has 6 atom stereocenters. The van der Waals surface area contributed by atoms with Crippen molar-refractivity contribution in [3.63, 3.8) is 0 Å². The second kappa shape index (κ2) is 10.7. The van der Waals surface area contributed by atoms with Gasteiger partial charge < -0.3 is 31.5 Å². The van der Waals surface area contributed by atoms with E-state index in [-0.39, 0.29) is 35.6 Å². The molecule has 0 saturated carbocycles. The summed E-state index contributed by atoms with van der Waals surface area (Å²) < 4.78 is 0. The molecule has 0 spiro atoms. The SMILES string of the molecule is CC1CN(C(C)C(=O)Nc2ccc3c(c2O)C(=O)C2=C(O)[C@]4(O)C(=O)C(C(N)=O)=C(O)[C@@H](N(C)C)C4CC2C3)CCS1. The van der Waals surface area contributed by atoms with Gasteiger partial charge in [0.25, 0.3) is 5.91 Å². The van der Waals surface area contributed by atoms with Crippen LogP contribution in [0.3, 0.4) is 0 Å². The molecule has 1 saturated heterocycles. The van der Waals surface area contributed by atoms with Crippen LogP contribution in [0.5, 0.6) is 5.75 Å². The van der Waals surface area contributed by atoms with Gasteiger partial charge in [-0.1, -0.05) is 13.0 Å². The van der Waals surface area contributed by atoms with Gasteiger partial charge in [-0.15, -0.1) is 0 Å². The zero-order valence-corrected chi connectivity index (χ0v) is 24.7. The molecule has 1 aromatic carbocycles. The number of nitrogens with zero attached hydrogens (tertiary/aromatic N) is 2. The van der Waals surface area contributed by atoms with E-state index in [1.165, 1.54) is 11.0 Å². The maximum absolute atomic E-state index is 13.9. The average molecular weight is 601 g/mol. The Morgan fingerprint density at radius 2 is 1.90 bits per heavy atom. The van der Waals surface area contributed by atoms with Crippen LogP contribution < -0.4 is 11.1 Å². The van der Waals surface area contributed by atoms with Crippen molar-refractivity contribution in [1.82, 2.24) is 9.80 Å². The minimum absolute atomic E-state index is 0.00900. The molecule has 4 unspecified atom stereocenters. The van der Waals surface area contributed by atoms with E-state index in [0.717, 1.165) is 18.8 Å². The van der Waals surface area contributed by atoms with Crippen LogP contribution in [0.25, 0.3) is 0 Å². The number of rotatable bonds is 5. The van der Waals surface area contributed by atoms with Crippen LogP contribution in [0.2, 0.25) is 0 Å². The summed E-state index contributed by atoms with van der Waals surface area (Å²) >= 11 is 1.84. The Morgan fingerprint density at radius 1 is 1.21 bits per heavy atom. The van der Waals surface area contributed by atoms with Crippen molar-refractivity contribution in [3.05, 3.63) is 45.9 Å². The number of nitrogens with one attached hydrogen (secondary N) is 1. The average Bonchev–Trinajstić information content (AvgIpc) is 2.91. The van der Waals surface area contributed by atoms with E-state index >= 15 is 0 Å². The van der Waals surface area contributed by atoms with E-state index in [9.17, 15) is 39.6 Å². The molecule has 12 nitrogen and oxygen atoms in total. The molecular weight excluding hydrogens is 564 g/mol. The normalized spacial score (nSPS) is 30.5. The first-order chi connectivity index (χ1) is 19.7. The Hall–Kier alpha value is -3.39. The minimum Gasteiger partial charge on any atom is -0.510 e. The van der Waals surface area contributed by atoms with E-state index in [2.05, 4.69) is 17.1 Å². The first-order valence-electron chi connectivity index (χ1n) is 13.9. The zero-order valence-electron chi connectivity index (χ0n) is 23.9. The number of ketones is 2. The standard InChI is InChI=1S/C29H36N4O8S/c1-12-11-33(7-8-42-12)13(2)28(40)31-17-6-5-14-9-15-10-16-21(32(3)4)24(36)20(27(30)39)26(38)29(16,41)25(37)19(15)23(35)18(14)22(17)34/h5-6,12-13,15-16,21,34,36-37,41H,7-11H2,1-4H3,(H2,30,39)(H,31,40)/t12?,13?,15?,16?,21-,29-/m0/s1. The Kier molecular flexibility index (Phi) is 7.67. The van der Waals surface area contributed by atoms with Gasteiger partial charge in [0.2, 0.25) is 11.7 Å². The highest BCUT2D eigenvalue weighted by Crippen LogP contribution is 2.52. The Morgan fingerprint density at radius 3 is 2.52 bits per heavy atom. The first kappa shape index (κ1) is 30.1. The maximum Gasteiger partial charge on any atom is 0.255 e. The topological polar surface area (TPSA) is 194 Å². The van der Waals surface area contributed by atoms with Crippen molar-refractivity contribution in [1.29, 1.82) is 0 Å². The van der Waals surface area contributed by atoms with Crippen molar-refractivity contribution in [2.45, 2.75) is 49.6 Å². The number of likely N-dealkylation sites (N-methyl/N-ethyl adjacent to an activating group) is 1. The fraction of sp³-hybridized carbons (Fsp3) is 0.517. The molecule has 4 aliphatic rings. The van der Waals surface area contributed by atoms with E-state index in [1.54, 1.807) is 27.1 Å². The van der Waals surface area contributed by atoms with Crippen LogP contribution in [0.1, 0.15) is 36.2 Å². The van der Waals surface area contributed by atoms with E-state index in [4.69, 9.17) is 5.73 Å². The van der Waals surface area contributed by atoms with E-state index in [0.29, 0.717) is 10.8 Å². The number of Topliss-reactive ketones (excluding diaryl/α,β-unsaturated/α-hetero) is 2. The Labute approximate surface area is 247 Å². The highest BCUT2D eigenvalue weighted by atomic mass is 32.2. The van der Waals surface area contributed by atoms with Crippen molar-refractivity contribution in [3.8, 4) is 5.75 Å².